The van der Waals surface area contributed by atoms with Gasteiger partial charge >= 0.3 is 5.97 Å². The van der Waals surface area contributed by atoms with Crippen molar-refractivity contribution >= 4 is 5.97 Å². The molecule has 0 aliphatic rings. The van der Waals surface area contributed by atoms with E-state index in [0.29, 0.717) is 16.9 Å². The molecule has 0 radical (unpaired) electrons. The number of rotatable bonds is 5. The van der Waals surface area contributed by atoms with Crippen molar-refractivity contribution in [3.63, 3.8) is 0 Å². The van der Waals surface area contributed by atoms with E-state index in [2.05, 4.69) is 6.58 Å². The first-order valence-electron chi connectivity index (χ1n) is 6.81. The van der Waals surface area contributed by atoms with Crippen LogP contribution >= 0.6 is 0 Å². The first-order chi connectivity index (χ1) is 10.5. The number of esters is 1. The van der Waals surface area contributed by atoms with Crippen LogP contribution in [0.2, 0.25) is 0 Å². The Morgan fingerprint density at radius 3 is 1.86 bits per heavy atom. The Labute approximate surface area is 129 Å². The maximum Gasteiger partial charge on any atom is 0.338 e. The van der Waals surface area contributed by atoms with Gasteiger partial charge in [-0.3, -0.25) is 0 Å². The third-order valence-electron chi connectivity index (χ3n) is 3.19. The third-order valence-corrected chi connectivity index (χ3v) is 3.19. The fraction of sp³-hybridized carbons (Fsp3) is 0.167. The smallest absolute Gasteiger partial charge is 0.338 e. The highest BCUT2D eigenvalue weighted by Crippen LogP contribution is 2.25. The molecule has 0 spiro atoms. The number of carbonyl (C=O) groups is 1. The molecule has 4 nitrogen and oxygen atoms in total. The molecule has 0 saturated carbocycles. The second-order valence-electron chi connectivity index (χ2n) is 4.91. The Morgan fingerprint density at radius 2 is 1.45 bits per heavy atom. The normalized spacial score (nSPS) is 11.6. The van der Waals surface area contributed by atoms with Gasteiger partial charge in [-0.1, -0.05) is 30.8 Å². The lowest BCUT2D eigenvalue weighted by Crippen LogP contribution is -2.08. The van der Waals surface area contributed by atoms with E-state index in [0.717, 1.165) is 11.3 Å². The topological polar surface area (TPSA) is 55.8 Å². The van der Waals surface area contributed by atoms with Gasteiger partial charge in [-0.2, -0.15) is 0 Å². The number of methoxy groups -OCH3 is 1. The van der Waals surface area contributed by atoms with E-state index in [-0.39, 0.29) is 0 Å². The van der Waals surface area contributed by atoms with E-state index >= 15 is 0 Å². The summed E-state index contributed by atoms with van der Waals surface area (Å²) in [5, 5.41) is 10.4. The molecule has 1 atom stereocenters. The summed E-state index contributed by atoms with van der Waals surface area (Å²) in [4.78, 5) is 11.4. The largest absolute Gasteiger partial charge is 0.497 e. The van der Waals surface area contributed by atoms with Crippen molar-refractivity contribution < 1.29 is 19.4 Å². The summed E-state index contributed by atoms with van der Waals surface area (Å²) in [5.41, 5.74) is 1.80. The van der Waals surface area contributed by atoms with Crippen LogP contribution in [0.3, 0.4) is 0 Å². The van der Waals surface area contributed by atoms with Gasteiger partial charge in [0.2, 0.25) is 0 Å². The predicted octanol–water partition coefficient (Wildman–Crippen LogP) is 3.26. The molecule has 0 aliphatic carbocycles. The Balaban J connectivity index is 2.11. The number of hydrogen-bond acceptors (Lipinski definition) is 4. The van der Waals surface area contributed by atoms with E-state index in [1.807, 2.05) is 0 Å². The van der Waals surface area contributed by atoms with Crippen molar-refractivity contribution in [2.75, 3.05) is 7.11 Å². The molecule has 0 bridgehead atoms. The van der Waals surface area contributed by atoms with Crippen molar-refractivity contribution in [3.8, 4) is 11.5 Å². The first-order valence-corrected chi connectivity index (χ1v) is 6.81. The number of carbonyl (C=O) groups excluding carboxylic acids is 1. The number of ether oxygens (including phenoxy) is 2. The third kappa shape index (κ3) is 3.74. The van der Waals surface area contributed by atoms with Crippen LogP contribution < -0.4 is 9.47 Å². The molecule has 1 unspecified atom stereocenters. The van der Waals surface area contributed by atoms with Crippen LogP contribution in [0.1, 0.15) is 24.2 Å². The molecular weight excluding hydrogens is 280 g/mol. The standard InChI is InChI=1S/C18H18O4/c1-12(2)18(20)22-16-10-6-14(7-11-16)17(19)13-4-8-15(21-3)9-5-13/h4-11,17,19H,1H2,2-3H3. The highest BCUT2D eigenvalue weighted by atomic mass is 16.5. The van der Waals surface area contributed by atoms with Crippen molar-refractivity contribution in [1.29, 1.82) is 0 Å². The van der Waals surface area contributed by atoms with Crippen LogP contribution in [-0.4, -0.2) is 18.2 Å². The Bertz CT molecular complexity index is 656. The van der Waals surface area contributed by atoms with Crippen LogP contribution in [0.25, 0.3) is 0 Å². The molecule has 0 fully saturated rings. The van der Waals surface area contributed by atoms with Crippen LogP contribution in [0.4, 0.5) is 0 Å². The van der Waals surface area contributed by atoms with E-state index in [4.69, 9.17) is 9.47 Å². The average molecular weight is 298 g/mol. The van der Waals surface area contributed by atoms with E-state index in [9.17, 15) is 9.90 Å². The minimum atomic E-state index is -0.753. The lowest BCUT2D eigenvalue weighted by Gasteiger charge is -2.13. The van der Waals surface area contributed by atoms with Gasteiger partial charge in [0.25, 0.3) is 0 Å². The lowest BCUT2D eigenvalue weighted by atomic mass is 10.0. The number of benzene rings is 2. The van der Waals surface area contributed by atoms with Gasteiger partial charge in [0, 0.05) is 5.57 Å². The summed E-state index contributed by atoms with van der Waals surface area (Å²) in [6.45, 7) is 5.11. The van der Waals surface area contributed by atoms with Crippen LogP contribution in [0, 0.1) is 0 Å². The van der Waals surface area contributed by atoms with Crippen molar-refractivity contribution in [2.24, 2.45) is 0 Å². The molecule has 22 heavy (non-hydrogen) atoms. The van der Waals surface area contributed by atoms with E-state index in [1.54, 1.807) is 62.6 Å². The Hall–Kier alpha value is -2.59. The summed E-state index contributed by atoms with van der Waals surface area (Å²) in [6, 6.07) is 13.9. The molecule has 2 aromatic carbocycles. The highest BCUT2D eigenvalue weighted by molar-refractivity contribution is 5.88. The predicted molar refractivity (Wildman–Crippen MR) is 83.9 cm³/mol. The quantitative estimate of drug-likeness (QED) is 0.523. The zero-order valence-corrected chi connectivity index (χ0v) is 12.6. The monoisotopic (exact) mass is 298 g/mol. The second kappa shape index (κ2) is 6.91. The maximum atomic E-state index is 11.4. The molecule has 0 aliphatic heterocycles. The van der Waals surface area contributed by atoms with Gasteiger partial charge in [0.15, 0.2) is 0 Å². The summed E-state index contributed by atoms with van der Waals surface area (Å²) in [7, 11) is 1.59. The molecule has 0 aromatic heterocycles. The minimum Gasteiger partial charge on any atom is -0.497 e. The Morgan fingerprint density at radius 1 is 1.00 bits per heavy atom. The highest BCUT2D eigenvalue weighted by Gasteiger charge is 2.11. The zero-order valence-electron chi connectivity index (χ0n) is 12.6. The molecule has 1 N–H and O–H groups in total. The van der Waals surface area contributed by atoms with E-state index < -0.39 is 12.1 Å². The number of aliphatic hydroxyl groups excluding tert-OH is 1. The van der Waals surface area contributed by atoms with Crippen LogP contribution in [0.5, 0.6) is 11.5 Å². The molecule has 2 rings (SSSR count). The van der Waals surface area contributed by atoms with Gasteiger partial charge in [-0.05, 0) is 42.3 Å². The number of hydrogen-bond donors (Lipinski definition) is 1. The van der Waals surface area contributed by atoms with Gasteiger partial charge in [0.05, 0.1) is 7.11 Å². The van der Waals surface area contributed by atoms with Gasteiger partial charge < -0.3 is 14.6 Å². The second-order valence-corrected chi connectivity index (χ2v) is 4.91. The van der Waals surface area contributed by atoms with Crippen molar-refractivity contribution in [1.82, 2.24) is 0 Å². The van der Waals surface area contributed by atoms with Crippen LogP contribution in [-0.2, 0) is 4.79 Å². The summed E-state index contributed by atoms with van der Waals surface area (Å²) in [5.74, 6) is 0.681. The zero-order chi connectivity index (χ0) is 16.1. The molecule has 4 heteroatoms. The average Bonchev–Trinajstić information content (AvgIpc) is 2.55. The van der Waals surface area contributed by atoms with Gasteiger partial charge in [-0.25, -0.2) is 4.79 Å². The minimum absolute atomic E-state index is 0.336. The molecule has 114 valence electrons. The van der Waals surface area contributed by atoms with Crippen LogP contribution in [0.15, 0.2) is 60.7 Å². The Kier molecular flexibility index (Phi) is 4.96. The SMILES string of the molecule is C=C(C)C(=O)Oc1ccc(C(O)c2ccc(OC)cc2)cc1. The maximum absolute atomic E-state index is 11.4. The first kappa shape index (κ1) is 15.8. The lowest BCUT2D eigenvalue weighted by molar-refractivity contribution is -0.130. The fourth-order valence-electron chi connectivity index (χ4n) is 1.89. The number of aliphatic hydroxyl groups is 1. The molecular formula is C18H18O4. The summed E-state index contributed by atoms with van der Waals surface area (Å²) in [6.07, 6.45) is -0.753. The summed E-state index contributed by atoms with van der Waals surface area (Å²) < 4.78 is 10.2. The van der Waals surface area contributed by atoms with Crippen molar-refractivity contribution in [2.45, 2.75) is 13.0 Å². The van der Waals surface area contributed by atoms with Gasteiger partial charge in [-0.15, -0.1) is 0 Å². The fourth-order valence-corrected chi connectivity index (χ4v) is 1.89. The van der Waals surface area contributed by atoms with E-state index in [1.165, 1.54) is 0 Å². The van der Waals surface area contributed by atoms with Crippen molar-refractivity contribution in [3.05, 3.63) is 71.8 Å². The molecule has 2 aromatic rings. The molecule has 0 heterocycles. The van der Waals surface area contributed by atoms with Gasteiger partial charge in [0.1, 0.15) is 17.6 Å². The molecule has 0 amide bonds. The molecule has 0 saturated heterocycles. The summed E-state index contributed by atoms with van der Waals surface area (Å²) >= 11 is 0.